The molecule has 102 valence electrons. The quantitative estimate of drug-likeness (QED) is 0.719. The summed E-state index contributed by atoms with van der Waals surface area (Å²) >= 11 is 0. The predicted octanol–water partition coefficient (Wildman–Crippen LogP) is 1.20. The molecule has 0 unspecified atom stereocenters. The molecule has 0 aromatic rings. The molecule has 0 saturated heterocycles. The van der Waals surface area contributed by atoms with Crippen LogP contribution in [-0.4, -0.2) is 37.4 Å². The fourth-order valence-corrected chi connectivity index (χ4v) is 1.36. The number of nitrogens with one attached hydrogen (secondary N) is 1. The van der Waals surface area contributed by atoms with E-state index in [2.05, 4.69) is 10.1 Å². The van der Waals surface area contributed by atoms with Gasteiger partial charge in [0.15, 0.2) is 0 Å². The summed E-state index contributed by atoms with van der Waals surface area (Å²) in [7, 11) is 0. The Morgan fingerprint density at radius 3 is 2.18 bits per heavy atom. The van der Waals surface area contributed by atoms with Crippen molar-refractivity contribution in [3.8, 4) is 0 Å². The molecule has 17 heavy (non-hydrogen) atoms. The largest absolute Gasteiger partial charge is 0.411 e. The molecule has 3 N–H and O–H groups in total. The van der Waals surface area contributed by atoms with Crippen LogP contribution in [0.1, 0.15) is 26.7 Å². The van der Waals surface area contributed by atoms with Gasteiger partial charge in [0.2, 0.25) is 5.91 Å². The second kappa shape index (κ2) is 6.80. The van der Waals surface area contributed by atoms with Crippen LogP contribution in [0.3, 0.4) is 0 Å². The Hall–Kier alpha value is -0.820. The third-order valence-electron chi connectivity index (χ3n) is 2.65. The summed E-state index contributed by atoms with van der Waals surface area (Å²) < 4.78 is 39.6. The minimum Gasteiger partial charge on any atom is -0.362 e. The lowest BCUT2D eigenvalue weighted by Gasteiger charge is -2.31. The number of amides is 1. The molecule has 0 radical (unpaired) electrons. The fraction of sp³-hybridized carbons (Fsp3) is 0.900. The molecule has 0 rings (SSSR count). The maximum atomic E-state index is 11.8. The van der Waals surface area contributed by atoms with Crippen molar-refractivity contribution in [2.24, 2.45) is 5.73 Å². The van der Waals surface area contributed by atoms with Crippen LogP contribution in [0.5, 0.6) is 0 Å². The number of nitrogens with two attached hydrogens (primary N) is 1. The van der Waals surface area contributed by atoms with Crippen LogP contribution in [0, 0.1) is 0 Å². The van der Waals surface area contributed by atoms with Crippen molar-refractivity contribution in [2.75, 3.05) is 19.8 Å². The maximum Gasteiger partial charge on any atom is 0.411 e. The van der Waals surface area contributed by atoms with Crippen molar-refractivity contribution >= 4 is 5.91 Å². The third-order valence-corrected chi connectivity index (χ3v) is 2.65. The molecule has 0 spiro atoms. The van der Waals surface area contributed by atoms with Gasteiger partial charge in [0.25, 0.3) is 0 Å². The second-order valence-corrected chi connectivity index (χ2v) is 3.85. The van der Waals surface area contributed by atoms with Crippen molar-refractivity contribution in [3.63, 3.8) is 0 Å². The zero-order chi connectivity index (χ0) is 13.5. The van der Waals surface area contributed by atoms with Gasteiger partial charge in [0.1, 0.15) is 13.2 Å². The van der Waals surface area contributed by atoms with Gasteiger partial charge in [-0.2, -0.15) is 13.2 Å². The van der Waals surface area contributed by atoms with Gasteiger partial charge in [0.05, 0.1) is 5.54 Å². The standard InChI is InChI=1S/C10H19F3N2O2/c1-3-9(4-2,6-14)15-8(16)5-17-7-10(11,12)13/h3-7,14H2,1-2H3,(H,15,16). The highest BCUT2D eigenvalue weighted by molar-refractivity contribution is 5.78. The molecule has 1 amide bonds. The van der Waals surface area contributed by atoms with E-state index in [1.807, 2.05) is 13.8 Å². The van der Waals surface area contributed by atoms with Crippen LogP contribution >= 0.6 is 0 Å². The molecule has 0 atom stereocenters. The minimum absolute atomic E-state index is 0.241. The summed E-state index contributed by atoms with van der Waals surface area (Å²) in [6.07, 6.45) is -3.18. The Balaban J connectivity index is 4.08. The number of hydrogen-bond acceptors (Lipinski definition) is 3. The summed E-state index contributed by atoms with van der Waals surface area (Å²) in [6, 6.07) is 0. The van der Waals surface area contributed by atoms with Gasteiger partial charge in [-0.1, -0.05) is 13.8 Å². The molecule has 0 bridgehead atoms. The predicted molar refractivity (Wildman–Crippen MR) is 57.4 cm³/mol. The smallest absolute Gasteiger partial charge is 0.362 e. The lowest BCUT2D eigenvalue weighted by molar-refractivity contribution is -0.176. The van der Waals surface area contributed by atoms with Crippen molar-refractivity contribution in [1.29, 1.82) is 0 Å². The monoisotopic (exact) mass is 256 g/mol. The molecule has 0 aromatic carbocycles. The van der Waals surface area contributed by atoms with E-state index in [-0.39, 0.29) is 6.54 Å². The number of carbonyl (C=O) groups excluding carboxylic acids is 1. The molecule has 0 aliphatic rings. The van der Waals surface area contributed by atoms with Crippen LogP contribution in [0.2, 0.25) is 0 Å². The SMILES string of the molecule is CCC(CC)(CN)NC(=O)COCC(F)(F)F. The average Bonchev–Trinajstić information content (AvgIpc) is 2.24. The molecular formula is C10H19F3N2O2. The molecular weight excluding hydrogens is 237 g/mol. The van der Waals surface area contributed by atoms with Gasteiger partial charge < -0.3 is 15.8 Å². The zero-order valence-corrected chi connectivity index (χ0v) is 10.1. The van der Waals surface area contributed by atoms with Gasteiger partial charge in [-0.05, 0) is 12.8 Å². The molecule has 0 heterocycles. The van der Waals surface area contributed by atoms with Crippen molar-refractivity contribution in [3.05, 3.63) is 0 Å². The maximum absolute atomic E-state index is 11.8. The average molecular weight is 256 g/mol. The highest BCUT2D eigenvalue weighted by Crippen LogP contribution is 2.15. The Labute approximate surface area is 98.7 Å². The first kappa shape index (κ1) is 16.2. The summed E-state index contributed by atoms with van der Waals surface area (Å²) in [5.41, 5.74) is 4.98. The van der Waals surface area contributed by atoms with E-state index in [0.717, 1.165) is 0 Å². The first-order valence-corrected chi connectivity index (χ1v) is 5.44. The van der Waals surface area contributed by atoms with Crippen LogP contribution in [0.4, 0.5) is 13.2 Å². The normalized spacial score (nSPS) is 12.6. The molecule has 0 aromatic heterocycles. The topological polar surface area (TPSA) is 64.3 Å². The Morgan fingerprint density at radius 2 is 1.82 bits per heavy atom. The summed E-state index contributed by atoms with van der Waals surface area (Å²) in [4.78, 5) is 11.4. The van der Waals surface area contributed by atoms with E-state index >= 15 is 0 Å². The van der Waals surface area contributed by atoms with Gasteiger partial charge in [0, 0.05) is 6.54 Å². The molecule has 4 nitrogen and oxygen atoms in total. The number of halogens is 3. The van der Waals surface area contributed by atoms with Crippen LogP contribution in [-0.2, 0) is 9.53 Å². The van der Waals surface area contributed by atoms with E-state index in [0.29, 0.717) is 12.8 Å². The highest BCUT2D eigenvalue weighted by Gasteiger charge is 2.29. The van der Waals surface area contributed by atoms with E-state index < -0.39 is 30.8 Å². The summed E-state index contributed by atoms with van der Waals surface area (Å²) in [5.74, 6) is -0.580. The van der Waals surface area contributed by atoms with Crippen LogP contribution in [0.15, 0.2) is 0 Å². The molecule has 0 fully saturated rings. The van der Waals surface area contributed by atoms with Crippen molar-refractivity contribution < 1.29 is 22.7 Å². The zero-order valence-electron chi connectivity index (χ0n) is 10.1. The van der Waals surface area contributed by atoms with E-state index in [9.17, 15) is 18.0 Å². The van der Waals surface area contributed by atoms with E-state index in [4.69, 9.17) is 5.73 Å². The van der Waals surface area contributed by atoms with Gasteiger partial charge >= 0.3 is 6.18 Å². The number of rotatable bonds is 7. The first-order chi connectivity index (χ1) is 7.78. The van der Waals surface area contributed by atoms with E-state index in [1.54, 1.807) is 0 Å². The number of hydrogen-bond donors (Lipinski definition) is 2. The number of ether oxygens (including phenoxy) is 1. The number of carbonyl (C=O) groups is 1. The van der Waals surface area contributed by atoms with Gasteiger partial charge in [-0.3, -0.25) is 4.79 Å². The lowest BCUT2D eigenvalue weighted by Crippen LogP contribution is -2.53. The van der Waals surface area contributed by atoms with Crippen molar-refractivity contribution in [1.82, 2.24) is 5.32 Å². The Bertz CT molecular complexity index is 232. The highest BCUT2D eigenvalue weighted by atomic mass is 19.4. The third kappa shape index (κ3) is 6.48. The Kier molecular flexibility index (Phi) is 6.48. The van der Waals surface area contributed by atoms with Crippen LogP contribution < -0.4 is 11.1 Å². The lowest BCUT2D eigenvalue weighted by atomic mass is 9.93. The first-order valence-electron chi connectivity index (χ1n) is 5.44. The summed E-state index contributed by atoms with van der Waals surface area (Å²) in [6.45, 7) is 1.92. The molecule has 0 aliphatic carbocycles. The van der Waals surface area contributed by atoms with E-state index in [1.165, 1.54) is 0 Å². The molecule has 0 aliphatic heterocycles. The van der Waals surface area contributed by atoms with Crippen molar-refractivity contribution in [2.45, 2.75) is 38.4 Å². The van der Waals surface area contributed by atoms with Gasteiger partial charge in [-0.25, -0.2) is 0 Å². The molecule has 0 saturated carbocycles. The molecule has 7 heteroatoms. The fourth-order valence-electron chi connectivity index (χ4n) is 1.36. The minimum atomic E-state index is -4.42. The summed E-state index contributed by atoms with van der Waals surface area (Å²) in [5, 5.41) is 2.61. The van der Waals surface area contributed by atoms with Gasteiger partial charge in [-0.15, -0.1) is 0 Å². The van der Waals surface area contributed by atoms with Crippen LogP contribution in [0.25, 0.3) is 0 Å². The number of alkyl halides is 3. The Morgan fingerprint density at radius 1 is 1.29 bits per heavy atom. The second-order valence-electron chi connectivity index (χ2n) is 3.85.